The van der Waals surface area contributed by atoms with Gasteiger partial charge in [-0.05, 0) is 12.1 Å². The summed E-state index contributed by atoms with van der Waals surface area (Å²) in [5.74, 6) is 0.121. The number of carbonyl (C=O) groups is 1. The second-order valence-corrected chi connectivity index (χ2v) is 2.58. The zero-order chi connectivity index (χ0) is 9.26. The van der Waals surface area contributed by atoms with Gasteiger partial charge in [-0.1, -0.05) is 0 Å². The molecule has 0 saturated heterocycles. The summed E-state index contributed by atoms with van der Waals surface area (Å²) in [4.78, 5) is 14.6. The predicted octanol–water partition coefficient (Wildman–Crippen LogP) is 1.75. The number of esters is 1. The Labute approximate surface area is 74.1 Å². The van der Waals surface area contributed by atoms with Gasteiger partial charge < -0.3 is 9.15 Å². The van der Waals surface area contributed by atoms with Gasteiger partial charge in [0.25, 0.3) is 0 Å². The number of carbonyl (C=O) groups excluding carboxylic acids is 1. The molecule has 0 radical (unpaired) electrons. The molecule has 66 valence electrons. The van der Waals surface area contributed by atoms with E-state index < -0.39 is 0 Å². The number of rotatable bonds is 1. The molecule has 0 unspecified atom stereocenters. The van der Waals surface area contributed by atoms with Crippen LogP contribution in [-0.2, 0) is 4.79 Å². The third-order valence-electron chi connectivity index (χ3n) is 1.56. The third kappa shape index (κ3) is 1.51. The Balaban J connectivity index is 2.42. The fourth-order valence-electron chi connectivity index (χ4n) is 1.06. The Kier molecular flexibility index (Phi) is 1.73. The molecular weight excluding hydrogens is 170 g/mol. The van der Waals surface area contributed by atoms with Crippen LogP contribution < -0.4 is 4.74 Å². The Hall–Kier alpha value is -1.84. The normalized spacial score (nSPS) is 10.2. The lowest BCUT2D eigenvalue weighted by Crippen LogP contribution is -2.00. The topological polar surface area (TPSA) is 52.3 Å². The molecule has 2 aromatic rings. The van der Waals surface area contributed by atoms with Crippen molar-refractivity contribution in [3.8, 4) is 5.75 Å². The highest BCUT2D eigenvalue weighted by Crippen LogP contribution is 2.19. The van der Waals surface area contributed by atoms with Crippen molar-refractivity contribution in [2.45, 2.75) is 6.92 Å². The van der Waals surface area contributed by atoms with Crippen LogP contribution in [0.2, 0.25) is 0 Å². The summed E-state index contributed by atoms with van der Waals surface area (Å²) in [6, 6.07) is 5.03. The predicted molar refractivity (Wildman–Crippen MR) is 45.3 cm³/mol. The highest BCUT2D eigenvalue weighted by molar-refractivity contribution is 5.76. The van der Waals surface area contributed by atoms with E-state index in [9.17, 15) is 4.79 Å². The first-order valence-electron chi connectivity index (χ1n) is 3.77. The second kappa shape index (κ2) is 2.90. The number of nitrogens with zero attached hydrogens (tertiary/aromatic N) is 1. The number of aromatic nitrogens is 1. The van der Waals surface area contributed by atoms with E-state index in [4.69, 9.17) is 9.15 Å². The van der Waals surface area contributed by atoms with Gasteiger partial charge in [0.15, 0.2) is 12.0 Å². The molecule has 0 bridgehead atoms. The number of hydrogen-bond donors (Lipinski definition) is 0. The van der Waals surface area contributed by atoms with E-state index in [1.807, 2.05) is 0 Å². The first kappa shape index (κ1) is 7.79. The average Bonchev–Trinajstić information content (AvgIpc) is 2.49. The van der Waals surface area contributed by atoms with Gasteiger partial charge in [0.2, 0.25) is 0 Å². The average molecular weight is 177 g/mol. The first-order chi connectivity index (χ1) is 6.25. The monoisotopic (exact) mass is 177 g/mol. The van der Waals surface area contributed by atoms with E-state index in [-0.39, 0.29) is 5.97 Å². The molecule has 0 aliphatic rings. The van der Waals surface area contributed by atoms with Crippen molar-refractivity contribution in [1.29, 1.82) is 0 Å². The van der Waals surface area contributed by atoms with Crippen molar-refractivity contribution in [2.24, 2.45) is 0 Å². The molecule has 0 aliphatic carbocycles. The van der Waals surface area contributed by atoms with E-state index in [1.165, 1.54) is 13.3 Å². The zero-order valence-electron chi connectivity index (χ0n) is 6.98. The molecule has 0 spiro atoms. The van der Waals surface area contributed by atoms with Crippen LogP contribution in [0.1, 0.15) is 6.92 Å². The van der Waals surface area contributed by atoms with E-state index in [1.54, 1.807) is 18.2 Å². The molecule has 2 rings (SSSR count). The van der Waals surface area contributed by atoms with Crippen LogP contribution in [0.4, 0.5) is 0 Å². The van der Waals surface area contributed by atoms with Gasteiger partial charge in [-0.3, -0.25) is 4.79 Å². The molecule has 13 heavy (non-hydrogen) atoms. The summed E-state index contributed by atoms with van der Waals surface area (Å²) in [7, 11) is 0. The number of benzene rings is 1. The second-order valence-electron chi connectivity index (χ2n) is 2.58. The smallest absolute Gasteiger partial charge is 0.308 e. The minimum absolute atomic E-state index is 0.348. The number of hydrogen-bond acceptors (Lipinski definition) is 4. The standard InChI is InChI=1S/C9H7NO3/c1-6(11)13-7-2-3-8-9(4-7)12-5-10-8/h2-5H,1H3. The summed E-state index contributed by atoms with van der Waals surface area (Å²) in [6.07, 6.45) is 1.35. The summed E-state index contributed by atoms with van der Waals surface area (Å²) in [5.41, 5.74) is 1.36. The molecule has 0 aliphatic heterocycles. The molecule has 1 heterocycles. The fraction of sp³-hybridized carbons (Fsp3) is 0.111. The highest BCUT2D eigenvalue weighted by atomic mass is 16.5. The van der Waals surface area contributed by atoms with Crippen LogP contribution in [-0.4, -0.2) is 11.0 Å². The lowest BCUT2D eigenvalue weighted by molar-refractivity contribution is -0.131. The van der Waals surface area contributed by atoms with Crippen LogP contribution in [0.5, 0.6) is 5.75 Å². The van der Waals surface area contributed by atoms with Gasteiger partial charge in [0.05, 0.1) is 0 Å². The summed E-state index contributed by atoms with van der Waals surface area (Å²) in [5, 5.41) is 0. The Bertz CT molecular complexity index is 447. The van der Waals surface area contributed by atoms with Crippen molar-refractivity contribution < 1.29 is 13.9 Å². The van der Waals surface area contributed by atoms with E-state index in [0.29, 0.717) is 11.3 Å². The summed E-state index contributed by atoms with van der Waals surface area (Å²) >= 11 is 0. The Morgan fingerprint density at radius 3 is 3.15 bits per heavy atom. The van der Waals surface area contributed by atoms with E-state index in [0.717, 1.165) is 5.52 Å². The van der Waals surface area contributed by atoms with Gasteiger partial charge in [0, 0.05) is 13.0 Å². The van der Waals surface area contributed by atoms with Crippen LogP contribution in [0.15, 0.2) is 29.0 Å². The largest absolute Gasteiger partial charge is 0.443 e. The molecule has 4 nitrogen and oxygen atoms in total. The van der Waals surface area contributed by atoms with Gasteiger partial charge in [0.1, 0.15) is 11.3 Å². The quantitative estimate of drug-likeness (QED) is 0.492. The van der Waals surface area contributed by atoms with Gasteiger partial charge in [-0.2, -0.15) is 0 Å². The molecule has 0 saturated carbocycles. The van der Waals surface area contributed by atoms with Crippen molar-refractivity contribution >= 4 is 17.1 Å². The highest BCUT2D eigenvalue weighted by Gasteiger charge is 2.02. The fourth-order valence-corrected chi connectivity index (χ4v) is 1.06. The first-order valence-corrected chi connectivity index (χ1v) is 3.77. The van der Waals surface area contributed by atoms with Crippen LogP contribution in [0, 0.1) is 0 Å². The van der Waals surface area contributed by atoms with Crippen LogP contribution >= 0.6 is 0 Å². The van der Waals surface area contributed by atoms with Crippen molar-refractivity contribution in [1.82, 2.24) is 4.98 Å². The van der Waals surface area contributed by atoms with Crippen molar-refractivity contribution in [3.63, 3.8) is 0 Å². The van der Waals surface area contributed by atoms with Crippen LogP contribution in [0.3, 0.4) is 0 Å². The number of ether oxygens (including phenoxy) is 1. The Morgan fingerprint density at radius 1 is 1.54 bits per heavy atom. The van der Waals surface area contributed by atoms with E-state index >= 15 is 0 Å². The van der Waals surface area contributed by atoms with Crippen LogP contribution in [0.25, 0.3) is 11.1 Å². The van der Waals surface area contributed by atoms with Gasteiger partial charge in [-0.25, -0.2) is 4.98 Å². The summed E-state index contributed by atoms with van der Waals surface area (Å²) < 4.78 is 9.90. The number of fused-ring (bicyclic) bond motifs is 1. The SMILES string of the molecule is CC(=O)Oc1ccc2ncoc2c1. The minimum atomic E-state index is -0.348. The molecular formula is C9H7NO3. The maximum atomic E-state index is 10.6. The van der Waals surface area contributed by atoms with Crippen molar-refractivity contribution in [3.05, 3.63) is 24.6 Å². The molecule has 0 fully saturated rings. The molecule has 4 heteroatoms. The molecule has 1 aromatic heterocycles. The van der Waals surface area contributed by atoms with E-state index in [2.05, 4.69) is 4.98 Å². The van der Waals surface area contributed by atoms with Gasteiger partial charge >= 0.3 is 5.97 Å². The summed E-state index contributed by atoms with van der Waals surface area (Å²) in [6.45, 7) is 1.35. The minimum Gasteiger partial charge on any atom is -0.443 e. The maximum Gasteiger partial charge on any atom is 0.308 e. The lowest BCUT2D eigenvalue weighted by Gasteiger charge is -1.98. The zero-order valence-corrected chi connectivity index (χ0v) is 6.98. The molecule has 1 aromatic carbocycles. The number of oxazole rings is 1. The maximum absolute atomic E-state index is 10.6. The molecule has 0 N–H and O–H groups in total. The molecule has 0 atom stereocenters. The lowest BCUT2D eigenvalue weighted by atomic mass is 10.3. The third-order valence-corrected chi connectivity index (χ3v) is 1.56. The Morgan fingerprint density at radius 2 is 2.38 bits per heavy atom. The molecule has 0 amide bonds. The van der Waals surface area contributed by atoms with Gasteiger partial charge in [-0.15, -0.1) is 0 Å². The van der Waals surface area contributed by atoms with Crippen molar-refractivity contribution in [2.75, 3.05) is 0 Å².